The Morgan fingerprint density at radius 1 is 1.00 bits per heavy atom. The van der Waals surface area contributed by atoms with Gasteiger partial charge in [-0.05, 0) is 12.1 Å². The van der Waals surface area contributed by atoms with Crippen LogP contribution >= 0.6 is 11.3 Å². The third-order valence-electron chi connectivity index (χ3n) is 3.01. The van der Waals surface area contributed by atoms with Crippen molar-refractivity contribution in [3.63, 3.8) is 0 Å². The molecule has 2 aromatic heterocycles. The lowest BCUT2D eigenvalue weighted by atomic mass is 10.2. The van der Waals surface area contributed by atoms with Crippen LogP contribution in [0, 0.1) is 0 Å². The van der Waals surface area contributed by atoms with Crippen LogP contribution in [0.3, 0.4) is 0 Å². The molecule has 23 heavy (non-hydrogen) atoms. The minimum Gasteiger partial charge on any atom is -0.363 e. The van der Waals surface area contributed by atoms with E-state index in [1.165, 1.54) is 23.6 Å². The third-order valence-corrected chi connectivity index (χ3v) is 3.98. The molecule has 4 nitrogen and oxygen atoms in total. The van der Waals surface area contributed by atoms with Gasteiger partial charge in [-0.1, -0.05) is 41.7 Å². The van der Waals surface area contributed by atoms with Crippen LogP contribution in [-0.4, -0.2) is 15.2 Å². The summed E-state index contributed by atoms with van der Waals surface area (Å²) in [5.41, 5.74) is 0.123. The Kier molecular flexibility index (Phi) is 4.24. The number of rotatable bonds is 4. The Bertz CT molecular complexity index is 787. The van der Waals surface area contributed by atoms with Gasteiger partial charge in [0, 0.05) is 11.8 Å². The molecule has 0 aliphatic carbocycles. The Morgan fingerprint density at radius 3 is 2.52 bits per heavy atom. The normalized spacial score (nSPS) is 11.4. The highest BCUT2D eigenvalue weighted by atomic mass is 32.1. The highest BCUT2D eigenvalue weighted by Crippen LogP contribution is 2.33. The van der Waals surface area contributed by atoms with E-state index in [1.54, 1.807) is 0 Å². The van der Waals surface area contributed by atoms with E-state index in [1.807, 2.05) is 30.3 Å². The van der Waals surface area contributed by atoms with Gasteiger partial charge in [0.2, 0.25) is 0 Å². The first kappa shape index (κ1) is 15.4. The summed E-state index contributed by atoms with van der Waals surface area (Å²) in [6, 6.07) is 11.7. The van der Waals surface area contributed by atoms with Crippen molar-refractivity contribution in [2.24, 2.45) is 0 Å². The molecule has 0 radical (unpaired) electrons. The Labute approximate surface area is 134 Å². The van der Waals surface area contributed by atoms with Crippen LogP contribution in [-0.2, 0) is 12.7 Å². The standard InChI is InChI=1S/C15H11F3N4S/c16-15(17,18)11-7-4-8-19-13(11)20-9-12-21-22-14(23-12)10-5-2-1-3-6-10/h1-8H,9H2,(H,19,20). The maximum Gasteiger partial charge on any atom is 0.419 e. The molecular weight excluding hydrogens is 325 g/mol. The van der Waals surface area contributed by atoms with E-state index in [-0.39, 0.29) is 12.4 Å². The first-order valence-electron chi connectivity index (χ1n) is 6.68. The van der Waals surface area contributed by atoms with Crippen molar-refractivity contribution in [3.05, 3.63) is 59.2 Å². The minimum atomic E-state index is -4.45. The summed E-state index contributed by atoms with van der Waals surface area (Å²) in [4.78, 5) is 3.75. The molecule has 0 bridgehead atoms. The van der Waals surface area contributed by atoms with Gasteiger partial charge in [-0.25, -0.2) is 4.98 Å². The molecule has 0 fully saturated rings. The van der Waals surface area contributed by atoms with Crippen LogP contribution in [0.15, 0.2) is 48.7 Å². The predicted octanol–water partition coefficient (Wildman–Crippen LogP) is 4.23. The number of pyridine rings is 1. The van der Waals surface area contributed by atoms with E-state index >= 15 is 0 Å². The fraction of sp³-hybridized carbons (Fsp3) is 0.133. The number of nitrogens with one attached hydrogen (secondary N) is 1. The summed E-state index contributed by atoms with van der Waals surface area (Å²) >= 11 is 1.32. The van der Waals surface area contributed by atoms with E-state index in [2.05, 4.69) is 20.5 Å². The van der Waals surface area contributed by atoms with Gasteiger partial charge in [0.05, 0.1) is 12.1 Å². The van der Waals surface area contributed by atoms with Crippen LogP contribution in [0.2, 0.25) is 0 Å². The SMILES string of the molecule is FC(F)(F)c1cccnc1NCc1nnc(-c2ccccc2)s1. The van der Waals surface area contributed by atoms with Gasteiger partial charge in [-0.2, -0.15) is 13.2 Å². The Balaban J connectivity index is 1.74. The summed E-state index contributed by atoms with van der Waals surface area (Å²) in [5, 5.41) is 12.0. The van der Waals surface area contributed by atoms with Crippen LogP contribution in [0.25, 0.3) is 10.6 Å². The summed E-state index contributed by atoms with van der Waals surface area (Å²) in [6.45, 7) is 0.130. The number of aromatic nitrogens is 3. The second-order valence-corrected chi connectivity index (χ2v) is 5.68. The second kappa shape index (κ2) is 6.33. The van der Waals surface area contributed by atoms with E-state index < -0.39 is 11.7 Å². The average Bonchev–Trinajstić information content (AvgIpc) is 3.02. The first-order chi connectivity index (χ1) is 11.0. The third kappa shape index (κ3) is 3.65. The van der Waals surface area contributed by atoms with Crippen molar-refractivity contribution in [1.82, 2.24) is 15.2 Å². The van der Waals surface area contributed by atoms with E-state index in [0.717, 1.165) is 16.6 Å². The number of anilines is 1. The number of hydrogen-bond donors (Lipinski definition) is 1. The Hall–Kier alpha value is -2.48. The van der Waals surface area contributed by atoms with Crippen molar-refractivity contribution in [2.45, 2.75) is 12.7 Å². The smallest absolute Gasteiger partial charge is 0.363 e. The Morgan fingerprint density at radius 2 is 1.78 bits per heavy atom. The van der Waals surface area contributed by atoms with Gasteiger partial charge >= 0.3 is 6.18 Å². The molecule has 0 spiro atoms. The molecule has 8 heteroatoms. The molecule has 3 rings (SSSR count). The largest absolute Gasteiger partial charge is 0.419 e. The highest BCUT2D eigenvalue weighted by Gasteiger charge is 2.34. The maximum atomic E-state index is 12.9. The fourth-order valence-corrected chi connectivity index (χ4v) is 2.74. The number of alkyl halides is 3. The molecule has 0 unspecified atom stereocenters. The van der Waals surface area contributed by atoms with Gasteiger partial charge in [0.1, 0.15) is 15.8 Å². The summed E-state index contributed by atoms with van der Waals surface area (Å²) in [7, 11) is 0. The number of nitrogens with zero attached hydrogens (tertiary/aromatic N) is 3. The van der Waals surface area contributed by atoms with Crippen LogP contribution < -0.4 is 5.32 Å². The van der Waals surface area contributed by atoms with Crippen LogP contribution in [0.4, 0.5) is 19.0 Å². The number of hydrogen-bond acceptors (Lipinski definition) is 5. The maximum absolute atomic E-state index is 12.9. The molecule has 1 N–H and O–H groups in total. The number of halogens is 3. The van der Waals surface area contributed by atoms with Gasteiger partial charge in [-0.3, -0.25) is 0 Å². The van der Waals surface area contributed by atoms with E-state index in [9.17, 15) is 13.2 Å². The van der Waals surface area contributed by atoms with Crippen LogP contribution in [0.5, 0.6) is 0 Å². The molecule has 0 saturated carbocycles. The zero-order chi connectivity index (χ0) is 16.3. The van der Waals surface area contributed by atoms with Crippen molar-refractivity contribution < 1.29 is 13.2 Å². The van der Waals surface area contributed by atoms with Gasteiger partial charge in [-0.15, -0.1) is 10.2 Å². The van der Waals surface area contributed by atoms with Gasteiger partial charge < -0.3 is 5.32 Å². The molecule has 0 amide bonds. The van der Waals surface area contributed by atoms with Crippen LogP contribution in [0.1, 0.15) is 10.6 Å². The van der Waals surface area contributed by atoms with E-state index in [0.29, 0.717) is 5.01 Å². The zero-order valence-corrected chi connectivity index (χ0v) is 12.5. The summed E-state index contributed by atoms with van der Waals surface area (Å²) < 4.78 is 38.7. The van der Waals surface area contributed by atoms with Crippen molar-refractivity contribution in [3.8, 4) is 10.6 Å². The monoisotopic (exact) mass is 336 g/mol. The first-order valence-corrected chi connectivity index (χ1v) is 7.49. The summed E-state index contributed by atoms with van der Waals surface area (Å²) in [6.07, 6.45) is -3.14. The van der Waals surface area contributed by atoms with Crippen molar-refractivity contribution in [2.75, 3.05) is 5.32 Å². The van der Waals surface area contributed by atoms with Crippen molar-refractivity contribution in [1.29, 1.82) is 0 Å². The van der Waals surface area contributed by atoms with E-state index in [4.69, 9.17) is 0 Å². The molecule has 1 aromatic carbocycles. The summed E-state index contributed by atoms with van der Waals surface area (Å²) in [5.74, 6) is -0.212. The molecule has 2 heterocycles. The average molecular weight is 336 g/mol. The number of benzene rings is 1. The lowest BCUT2D eigenvalue weighted by Gasteiger charge is -2.12. The molecule has 0 aliphatic rings. The molecule has 118 valence electrons. The van der Waals surface area contributed by atoms with Gasteiger partial charge in [0.25, 0.3) is 0 Å². The minimum absolute atomic E-state index is 0.130. The van der Waals surface area contributed by atoms with Crippen molar-refractivity contribution >= 4 is 17.2 Å². The quantitative estimate of drug-likeness (QED) is 0.774. The molecule has 0 saturated heterocycles. The molecule has 0 atom stereocenters. The topological polar surface area (TPSA) is 50.7 Å². The lowest BCUT2D eigenvalue weighted by Crippen LogP contribution is -2.12. The highest BCUT2D eigenvalue weighted by molar-refractivity contribution is 7.14. The molecular formula is C15H11F3N4S. The second-order valence-electron chi connectivity index (χ2n) is 4.62. The van der Waals surface area contributed by atoms with Gasteiger partial charge in [0.15, 0.2) is 0 Å². The predicted molar refractivity (Wildman–Crippen MR) is 81.9 cm³/mol. The fourth-order valence-electron chi connectivity index (χ4n) is 1.96. The molecule has 0 aliphatic heterocycles. The zero-order valence-electron chi connectivity index (χ0n) is 11.7. The lowest BCUT2D eigenvalue weighted by molar-refractivity contribution is -0.137. The molecule has 3 aromatic rings.